The van der Waals surface area contributed by atoms with E-state index in [-0.39, 0.29) is 16.9 Å². The zero-order chi connectivity index (χ0) is 20.1. The number of hydrogen-bond donors (Lipinski definition) is 0. The molecule has 0 radical (unpaired) electrons. The Kier molecular flexibility index (Phi) is 4.06. The number of pyridine rings is 1. The van der Waals surface area contributed by atoms with E-state index in [4.69, 9.17) is 0 Å². The van der Waals surface area contributed by atoms with E-state index in [1.165, 1.54) is 12.1 Å². The summed E-state index contributed by atoms with van der Waals surface area (Å²) in [4.78, 5) is 15.3. The van der Waals surface area contributed by atoms with E-state index in [2.05, 4.69) is 27.2 Å². The van der Waals surface area contributed by atoms with E-state index in [9.17, 15) is 9.18 Å². The minimum Gasteiger partial charge on any atom is -0.307 e. The molecule has 0 spiro atoms. The maximum Gasteiger partial charge on any atom is 0.298 e. The highest BCUT2D eigenvalue weighted by Gasteiger charge is 2.20. The van der Waals surface area contributed by atoms with Gasteiger partial charge in [0.2, 0.25) is 0 Å². The highest BCUT2D eigenvalue weighted by Crippen LogP contribution is 2.28. The molecule has 3 aromatic heterocycles. The first-order chi connectivity index (χ1) is 14.0. The van der Waals surface area contributed by atoms with Crippen molar-refractivity contribution < 1.29 is 4.39 Å². The van der Waals surface area contributed by atoms with Crippen LogP contribution in [0.3, 0.4) is 0 Å². The van der Waals surface area contributed by atoms with Gasteiger partial charge >= 0.3 is 0 Å². The fourth-order valence-electron chi connectivity index (χ4n) is 3.83. The lowest BCUT2D eigenvalue weighted by atomic mass is 10.1. The smallest absolute Gasteiger partial charge is 0.298 e. The van der Waals surface area contributed by atoms with Gasteiger partial charge in [-0.1, -0.05) is 12.1 Å². The summed E-state index contributed by atoms with van der Waals surface area (Å²) in [6, 6.07) is 8.04. The molecule has 0 unspecified atom stereocenters. The summed E-state index contributed by atoms with van der Waals surface area (Å²) in [5, 5.41) is 15.2. The molecule has 0 bridgehead atoms. The first-order valence-electron chi connectivity index (χ1n) is 9.50. The van der Waals surface area contributed by atoms with Crippen LogP contribution >= 0.6 is 0 Å². The SMILES string of the molecule is Cc1nn2c(nnc3c(=O)n(N4CCN(C)CC4)ccc32)c1-c1ccc(F)cc1. The van der Waals surface area contributed by atoms with Gasteiger partial charge in [-0.25, -0.2) is 13.6 Å². The average molecular weight is 393 g/mol. The Morgan fingerprint density at radius 3 is 2.45 bits per heavy atom. The van der Waals surface area contributed by atoms with E-state index >= 15 is 0 Å². The number of nitrogens with zero attached hydrogens (tertiary/aromatic N) is 7. The molecule has 1 aliphatic rings. The van der Waals surface area contributed by atoms with Gasteiger partial charge in [-0.2, -0.15) is 5.10 Å². The average Bonchev–Trinajstić information content (AvgIpc) is 3.06. The molecule has 0 amide bonds. The third kappa shape index (κ3) is 2.85. The fourth-order valence-corrected chi connectivity index (χ4v) is 3.83. The number of hydrogen-bond acceptors (Lipinski definition) is 6. The van der Waals surface area contributed by atoms with Gasteiger partial charge < -0.3 is 9.91 Å². The summed E-state index contributed by atoms with van der Waals surface area (Å²) in [6.45, 7) is 5.20. The van der Waals surface area contributed by atoms with Gasteiger partial charge in [-0.15, -0.1) is 10.2 Å². The van der Waals surface area contributed by atoms with Gasteiger partial charge in [-0.05, 0) is 37.7 Å². The molecule has 1 aromatic carbocycles. The summed E-state index contributed by atoms with van der Waals surface area (Å²) in [6.07, 6.45) is 1.77. The van der Waals surface area contributed by atoms with E-state index in [0.717, 1.165) is 43.0 Å². The standard InChI is InChI=1S/C20H20FN7O/c1-13-17(14-3-5-15(21)6-4-14)19-23-22-18-16(28(19)24-13)7-8-27(20(18)29)26-11-9-25(2)10-12-26/h3-8H,9-12H2,1-2H3. The molecule has 1 fully saturated rings. The van der Waals surface area contributed by atoms with Gasteiger partial charge in [0.15, 0.2) is 11.2 Å². The lowest BCUT2D eigenvalue weighted by Crippen LogP contribution is -2.53. The molecule has 29 heavy (non-hydrogen) atoms. The molecule has 8 nitrogen and oxygen atoms in total. The molecule has 148 valence electrons. The minimum absolute atomic E-state index is 0.210. The van der Waals surface area contributed by atoms with Crippen LogP contribution in [0.25, 0.3) is 27.8 Å². The molecule has 0 atom stereocenters. The van der Waals surface area contributed by atoms with Crippen molar-refractivity contribution in [2.45, 2.75) is 6.92 Å². The van der Waals surface area contributed by atoms with Crippen LogP contribution in [-0.4, -0.2) is 62.6 Å². The predicted molar refractivity (Wildman–Crippen MR) is 108 cm³/mol. The Labute approximate surface area is 165 Å². The van der Waals surface area contributed by atoms with E-state index in [0.29, 0.717) is 11.2 Å². The van der Waals surface area contributed by atoms with Gasteiger partial charge in [0.25, 0.3) is 5.56 Å². The number of aromatic nitrogens is 5. The Morgan fingerprint density at radius 1 is 1.00 bits per heavy atom. The highest BCUT2D eigenvalue weighted by molar-refractivity contribution is 5.84. The second-order valence-corrected chi connectivity index (χ2v) is 7.36. The number of fused-ring (bicyclic) bond motifs is 3. The third-order valence-electron chi connectivity index (χ3n) is 5.45. The van der Waals surface area contributed by atoms with E-state index in [1.807, 2.05) is 18.0 Å². The van der Waals surface area contributed by atoms with Crippen molar-refractivity contribution >= 4 is 16.7 Å². The number of piperazine rings is 1. The van der Waals surface area contributed by atoms with Crippen molar-refractivity contribution in [3.8, 4) is 11.1 Å². The largest absolute Gasteiger partial charge is 0.307 e. The second kappa shape index (κ2) is 6.63. The van der Waals surface area contributed by atoms with Crippen LogP contribution < -0.4 is 10.6 Å². The lowest BCUT2D eigenvalue weighted by molar-refractivity contribution is 0.286. The minimum atomic E-state index is -0.302. The summed E-state index contributed by atoms with van der Waals surface area (Å²) in [7, 11) is 2.07. The number of aryl methyl sites for hydroxylation is 1. The maximum absolute atomic E-state index is 13.3. The topological polar surface area (TPSA) is 71.6 Å². The Balaban J connectivity index is 1.66. The quantitative estimate of drug-likeness (QED) is 0.513. The fraction of sp³-hybridized carbons (Fsp3) is 0.300. The van der Waals surface area contributed by atoms with Crippen molar-refractivity contribution in [2.24, 2.45) is 0 Å². The summed E-state index contributed by atoms with van der Waals surface area (Å²) >= 11 is 0. The van der Waals surface area contributed by atoms with Crippen molar-refractivity contribution in [1.29, 1.82) is 0 Å². The molecule has 0 N–H and O–H groups in total. The molecule has 9 heteroatoms. The first kappa shape index (κ1) is 17.7. The van der Waals surface area contributed by atoms with Crippen LogP contribution in [0, 0.1) is 12.7 Å². The molecule has 4 aromatic rings. The van der Waals surface area contributed by atoms with E-state index in [1.54, 1.807) is 27.5 Å². The van der Waals surface area contributed by atoms with Crippen LogP contribution in [0.4, 0.5) is 4.39 Å². The number of likely N-dealkylation sites (N-methyl/N-ethyl adjacent to an activating group) is 1. The summed E-state index contributed by atoms with van der Waals surface area (Å²) < 4.78 is 16.6. The molecular weight excluding hydrogens is 373 g/mol. The maximum atomic E-state index is 13.3. The summed E-state index contributed by atoms with van der Waals surface area (Å²) in [5.74, 6) is -0.302. The number of halogens is 1. The first-order valence-corrected chi connectivity index (χ1v) is 9.50. The number of benzene rings is 1. The normalized spacial score (nSPS) is 15.5. The number of rotatable bonds is 2. The van der Waals surface area contributed by atoms with E-state index < -0.39 is 0 Å². The zero-order valence-electron chi connectivity index (χ0n) is 16.2. The van der Waals surface area contributed by atoms with Crippen molar-refractivity contribution in [3.63, 3.8) is 0 Å². The Morgan fingerprint density at radius 2 is 1.72 bits per heavy atom. The van der Waals surface area contributed by atoms with Gasteiger partial charge in [-0.3, -0.25) is 4.79 Å². The van der Waals surface area contributed by atoms with Crippen LogP contribution in [0.15, 0.2) is 41.3 Å². The Bertz CT molecular complexity index is 1270. The highest BCUT2D eigenvalue weighted by atomic mass is 19.1. The van der Waals surface area contributed by atoms with Crippen LogP contribution in [0.5, 0.6) is 0 Å². The molecule has 0 saturated carbocycles. The Hall–Kier alpha value is -3.33. The van der Waals surface area contributed by atoms with Crippen molar-refractivity contribution in [2.75, 3.05) is 38.2 Å². The van der Waals surface area contributed by atoms with Crippen LogP contribution in [-0.2, 0) is 0 Å². The molecule has 1 aliphatic heterocycles. The molecular formula is C20H20FN7O. The zero-order valence-corrected chi connectivity index (χ0v) is 16.2. The molecule has 0 aliphatic carbocycles. The predicted octanol–water partition coefficient (Wildman–Crippen LogP) is 1.44. The third-order valence-corrected chi connectivity index (χ3v) is 5.45. The molecule has 4 heterocycles. The summed E-state index contributed by atoms with van der Waals surface area (Å²) in [5.41, 5.74) is 3.52. The molecule has 1 saturated heterocycles. The monoisotopic (exact) mass is 393 g/mol. The molecule has 5 rings (SSSR count). The van der Waals surface area contributed by atoms with Gasteiger partial charge in [0.1, 0.15) is 11.3 Å². The van der Waals surface area contributed by atoms with Crippen LogP contribution in [0.1, 0.15) is 5.69 Å². The second-order valence-electron chi connectivity index (χ2n) is 7.36. The van der Waals surface area contributed by atoms with Gasteiger partial charge in [0.05, 0.1) is 11.3 Å². The lowest BCUT2D eigenvalue weighted by Gasteiger charge is -2.34. The van der Waals surface area contributed by atoms with Crippen molar-refractivity contribution in [3.05, 3.63) is 58.4 Å². The van der Waals surface area contributed by atoms with Crippen LogP contribution in [0.2, 0.25) is 0 Å². The van der Waals surface area contributed by atoms with Crippen molar-refractivity contribution in [1.82, 2.24) is 29.4 Å². The van der Waals surface area contributed by atoms with Gasteiger partial charge in [0, 0.05) is 32.4 Å².